The molecule has 0 bridgehead atoms. The van der Waals surface area contributed by atoms with Crippen molar-refractivity contribution in [2.24, 2.45) is 0 Å². The van der Waals surface area contributed by atoms with E-state index in [1.165, 1.54) is 12.1 Å². The average Bonchev–Trinajstić information content (AvgIpc) is 2.33. The number of rotatable bonds is 1. The van der Waals surface area contributed by atoms with Crippen molar-refractivity contribution < 1.29 is 13.9 Å². The van der Waals surface area contributed by atoms with Crippen molar-refractivity contribution in [3.63, 3.8) is 0 Å². The molecule has 0 spiro atoms. The first-order chi connectivity index (χ1) is 8.88. The first kappa shape index (κ1) is 13.8. The van der Waals surface area contributed by atoms with Crippen LogP contribution in [-0.2, 0) is 4.74 Å². The fraction of sp³-hybridized carbons (Fsp3) is 0.500. The predicted octanol–water partition coefficient (Wildman–Crippen LogP) is 1.97. The third-order valence-electron chi connectivity index (χ3n) is 3.34. The van der Waals surface area contributed by atoms with Crippen LogP contribution in [0.5, 0.6) is 0 Å². The van der Waals surface area contributed by atoms with Gasteiger partial charge in [-0.15, -0.1) is 0 Å². The molecular formula is C14H19FN2O2. The molecule has 104 valence electrons. The molecule has 4 nitrogen and oxygen atoms in total. The lowest BCUT2D eigenvalue weighted by Gasteiger charge is -2.35. The lowest BCUT2D eigenvalue weighted by atomic mass is 10.1. The number of nitrogen functional groups attached to an aromatic ring is 1. The van der Waals surface area contributed by atoms with Crippen LogP contribution in [-0.4, -0.2) is 36.1 Å². The highest BCUT2D eigenvalue weighted by atomic mass is 19.1. The Bertz CT molecular complexity index is 471. The molecule has 1 fully saturated rings. The smallest absolute Gasteiger partial charge is 0.254 e. The Morgan fingerprint density at radius 3 is 2.47 bits per heavy atom. The minimum absolute atomic E-state index is 0.0136. The molecule has 1 aromatic rings. The van der Waals surface area contributed by atoms with Crippen molar-refractivity contribution in [2.75, 3.05) is 18.8 Å². The van der Waals surface area contributed by atoms with Gasteiger partial charge in [0.05, 0.1) is 12.2 Å². The molecule has 19 heavy (non-hydrogen) atoms. The Morgan fingerprint density at radius 1 is 1.37 bits per heavy atom. The van der Waals surface area contributed by atoms with Crippen molar-refractivity contribution >= 4 is 11.6 Å². The fourth-order valence-corrected chi connectivity index (χ4v) is 2.35. The van der Waals surface area contributed by atoms with E-state index >= 15 is 0 Å². The summed E-state index contributed by atoms with van der Waals surface area (Å²) in [6, 6.07) is 2.78. The number of halogens is 1. The Morgan fingerprint density at radius 2 is 1.95 bits per heavy atom. The van der Waals surface area contributed by atoms with Crippen molar-refractivity contribution in [1.29, 1.82) is 0 Å². The number of carbonyl (C=O) groups excluding carboxylic acids is 1. The fourth-order valence-electron chi connectivity index (χ4n) is 2.35. The van der Waals surface area contributed by atoms with Crippen LogP contribution in [0.3, 0.4) is 0 Å². The molecule has 2 N–H and O–H groups in total. The van der Waals surface area contributed by atoms with Gasteiger partial charge in [0.1, 0.15) is 5.82 Å². The van der Waals surface area contributed by atoms with Crippen LogP contribution in [0.25, 0.3) is 0 Å². The third kappa shape index (κ3) is 2.87. The highest BCUT2D eigenvalue weighted by Gasteiger charge is 2.27. The van der Waals surface area contributed by atoms with Gasteiger partial charge in [0.15, 0.2) is 0 Å². The second-order valence-electron chi connectivity index (χ2n) is 5.14. The van der Waals surface area contributed by atoms with Gasteiger partial charge < -0.3 is 15.4 Å². The van der Waals surface area contributed by atoms with Gasteiger partial charge in [-0.05, 0) is 32.9 Å². The van der Waals surface area contributed by atoms with Crippen LogP contribution in [0.15, 0.2) is 12.1 Å². The van der Waals surface area contributed by atoms with E-state index in [0.717, 1.165) is 0 Å². The Kier molecular flexibility index (Phi) is 3.75. The molecular weight excluding hydrogens is 247 g/mol. The Labute approximate surface area is 112 Å². The van der Waals surface area contributed by atoms with Crippen LogP contribution < -0.4 is 5.73 Å². The summed E-state index contributed by atoms with van der Waals surface area (Å²) in [5.74, 6) is -0.648. The monoisotopic (exact) mass is 266 g/mol. The van der Waals surface area contributed by atoms with E-state index in [9.17, 15) is 9.18 Å². The summed E-state index contributed by atoms with van der Waals surface area (Å²) in [5, 5.41) is 0. The molecule has 0 radical (unpaired) electrons. The van der Waals surface area contributed by atoms with E-state index in [1.807, 2.05) is 13.8 Å². The molecule has 2 unspecified atom stereocenters. The molecule has 2 rings (SSSR count). The largest absolute Gasteiger partial charge is 0.398 e. The average molecular weight is 266 g/mol. The van der Waals surface area contributed by atoms with Crippen LogP contribution in [0, 0.1) is 12.7 Å². The van der Waals surface area contributed by atoms with Crippen molar-refractivity contribution in [1.82, 2.24) is 4.90 Å². The topological polar surface area (TPSA) is 55.6 Å². The second kappa shape index (κ2) is 5.17. The van der Waals surface area contributed by atoms with Gasteiger partial charge in [0.2, 0.25) is 0 Å². The molecule has 1 aliphatic heterocycles. The molecule has 5 heteroatoms. The maximum Gasteiger partial charge on any atom is 0.254 e. The van der Waals surface area contributed by atoms with Crippen LogP contribution >= 0.6 is 0 Å². The third-order valence-corrected chi connectivity index (χ3v) is 3.34. The number of amides is 1. The number of nitrogens with two attached hydrogens (primary N) is 1. The zero-order valence-corrected chi connectivity index (χ0v) is 11.4. The maximum absolute atomic E-state index is 13.6. The first-order valence-corrected chi connectivity index (χ1v) is 6.39. The summed E-state index contributed by atoms with van der Waals surface area (Å²) in [6.45, 7) is 6.45. The van der Waals surface area contributed by atoms with Crippen LogP contribution in [0.2, 0.25) is 0 Å². The van der Waals surface area contributed by atoms with Crippen LogP contribution in [0.4, 0.5) is 10.1 Å². The lowest BCUT2D eigenvalue weighted by Crippen LogP contribution is -2.48. The van der Waals surface area contributed by atoms with Crippen molar-refractivity contribution in [3.8, 4) is 0 Å². The Balaban J connectivity index is 2.24. The van der Waals surface area contributed by atoms with E-state index in [2.05, 4.69) is 0 Å². The number of benzene rings is 1. The summed E-state index contributed by atoms with van der Waals surface area (Å²) < 4.78 is 19.2. The van der Waals surface area contributed by atoms with Gasteiger partial charge in [-0.3, -0.25) is 4.79 Å². The summed E-state index contributed by atoms with van der Waals surface area (Å²) >= 11 is 0. The van der Waals surface area contributed by atoms with Gasteiger partial charge in [-0.2, -0.15) is 0 Å². The number of hydrogen-bond acceptors (Lipinski definition) is 3. The highest BCUT2D eigenvalue weighted by molar-refractivity contribution is 5.95. The summed E-state index contributed by atoms with van der Waals surface area (Å²) in [4.78, 5) is 14.0. The molecule has 0 aliphatic carbocycles. The zero-order valence-electron chi connectivity index (χ0n) is 11.4. The molecule has 1 aliphatic rings. The molecule has 1 amide bonds. The lowest BCUT2D eigenvalue weighted by molar-refractivity contribution is -0.0586. The number of nitrogens with zero attached hydrogens (tertiary/aromatic N) is 1. The Hall–Kier alpha value is -1.62. The normalized spacial score (nSPS) is 23.5. The second-order valence-corrected chi connectivity index (χ2v) is 5.14. The van der Waals surface area contributed by atoms with E-state index in [4.69, 9.17) is 10.5 Å². The molecule has 0 saturated carbocycles. The number of morpholine rings is 1. The van der Waals surface area contributed by atoms with E-state index in [0.29, 0.717) is 29.9 Å². The number of ether oxygens (including phenoxy) is 1. The molecule has 1 saturated heterocycles. The standard InChI is InChI=1S/C14H19FN2O2/c1-8-6-17(7-9(2)19-8)14(18)11-4-12(15)10(3)13(16)5-11/h4-5,8-9H,6-7,16H2,1-3H3. The molecule has 2 atom stereocenters. The van der Waals surface area contributed by atoms with Crippen molar-refractivity contribution in [3.05, 3.63) is 29.1 Å². The zero-order chi connectivity index (χ0) is 14.2. The number of anilines is 1. The van der Waals surface area contributed by atoms with E-state index in [1.54, 1.807) is 11.8 Å². The van der Waals surface area contributed by atoms with Crippen molar-refractivity contribution in [2.45, 2.75) is 33.0 Å². The van der Waals surface area contributed by atoms with Gasteiger partial charge in [-0.25, -0.2) is 4.39 Å². The number of carbonyl (C=O) groups is 1. The van der Waals surface area contributed by atoms with Crippen LogP contribution in [0.1, 0.15) is 29.8 Å². The van der Waals surface area contributed by atoms with Gasteiger partial charge in [-0.1, -0.05) is 0 Å². The maximum atomic E-state index is 13.6. The summed E-state index contributed by atoms with van der Waals surface area (Å²) in [5.41, 5.74) is 6.68. The molecule has 1 aromatic carbocycles. The summed E-state index contributed by atoms with van der Waals surface area (Å²) in [6.07, 6.45) is -0.0271. The SMILES string of the molecule is Cc1c(N)cc(C(=O)N2CC(C)OC(C)C2)cc1F. The van der Waals surface area contributed by atoms with Gasteiger partial charge in [0, 0.05) is 29.9 Å². The minimum Gasteiger partial charge on any atom is -0.398 e. The first-order valence-electron chi connectivity index (χ1n) is 6.39. The molecule has 0 aromatic heterocycles. The number of hydrogen-bond donors (Lipinski definition) is 1. The molecule has 1 heterocycles. The quantitative estimate of drug-likeness (QED) is 0.791. The minimum atomic E-state index is -0.447. The predicted molar refractivity (Wildman–Crippen MR) is 71.5 cm³/mol. The van der Waals surface area contributed by atoms with E-state index in [-0.39, 0.29) is 18.1 Å². The van der Waals surface area contributed by atoms with E-state index < -0.39 is 5.82 Å². The van der Waals surface area contributed by atoms with Gasteiger partial charge >= 0.3 is 0 Å². The summed E-state index contributed by atoms with van der Waals surface area (Å²) in [7, 11) is 0. The highest BCUT2D eigenvalue weighted by Crippen LogP contribution is 2.20. The van der Waals surface area contributed by atoms with Gasteiger partial charge in [0.25, 0.3) is 5.91 Å².